The molecule has 0 aliphatic heterocycles. The van der Waals surface area contributed by atoms with Crippen LogP contribution >= 0.6 is 12.4 Å². The van der Waals surface area contributed by atoms with Gasteiger partial charge in [-0.1, -0.05) is 19.8 Å². The summed E-state index contributed by atoms with van der Waals surface area (Å²) in [6.45, 7) is 3.46. The van der Waals surface area contributed by atoms with Gasteiger partial charge in [0.15, 0.2) is 0 Å². The van der Waals surface area contributed by atoms with Crippen LogP contribution < -0.4 is 15.8 Å². The summed E-state index contributed by atoms with van der Waals surface area (Å²) >= 11 is 0. The Labute approximate surface area is 139 Å². The number of nitrogens with one attached hydrogen (secondary N) is 1. The quantitative estimate of drug-likeness (QED) is 0.685. The van der Waals surface area contributed by atoms with Gasteiger partial charge in [-0.25, -0.2) is 0 Å². The Bertz CT molecular complexity index is 446. The second-order valence-electron chi connectivity index (χ2n) is 5.79. The highest BCUT2D eigenvalue weighted by Gasteiger charge is 2.28. The van der Waals surface area contributed by atoms with Crippen LogP contribution in [-0.4, -0.2) is 25.1 Å². The number of halogens is 1. The summed E-state index contributed by atoms with van der Waals surface area (Å²) in [5.41, 5.74) is 6.63. The summed E-state index contributed by atoms with van der Waals surface area (Å²) in [5.74, 6) is 1.35. The molecule has 0 aromatic heterocycles. The summed E-state index contributed by atoms with van der Waals surface area (Å²) in [5, 5.41) is 2.89. The molecule has 1 amide bonds. The van der Waals surface area contributed by atoms with Crippen molar-refractivity contribution in [3.05, 3.63) is 29.8 Å². The lowest BCUT2D eigenvalue weighted by atomic mass is 10.1. The first-order valence-electron chi connectivity index (χ1n) is 7.97. The molecule has 1 aromatic carbocycles. The minimum atomic E-state index is -0.0661. The van der Waals surface area contributed by atoms with E-state index in [0.717, 1.165) is 18.8 Å². The molecule has 3 N–H and O–H groups in total. The standard InChI is InChI=1S/C17H26N2O2.ClH/c1-2-3-4-11-21-15-9-7-14(8-10-15)17(20)19-12-16(18)13-5-6-13;/h7-10,13,16H,2-6,11-12,18H2,1H3,(H,19,20);1H. The van der Waals surface area contributed by atoms with Gasteiger partial charge in [0, 0.05) is 18.2 Å². The van der Waals surface area contributed by atoms with E-state index in [9.17, 15) is 4.79 Å². The van der Waals surface area contributed by atoms with Crippen molar-refractivity contribution >= 4 is 18.3 Å². The number of amides is 1. The minimum absolute atomic E-state index is 0. The Morgan fingerprint density at radius 2 is 2.00 bits per heavy atom. The number of carbonyl (C=O) groups excluding carboxylic acids is 1. The number of benzene rings is 1. The minimum Gasteiger partial charge on any atom is -0.494 e. The van der Waals surface area contributed by atoms with E-state index in [4.69, 9.17) is 10.5 Å². The third-order valence-corrected chi connectivity index (χ3v) is 3.86. The number of nitrogens with two attached hydrogens (primary N) is 1. The monoisotopic (exact) mass is 326 g/mol. The molecule has 5 heteroatoms. The van der Waals surface area contributed by atoms with E-state index < -0.39 is 0 Å². The smallest absolute Gasteiger partial charge is 0.251 e. The summed E-state index contributed by atoms with van der Waals surface area (Å²) in [6.07, 6.45) is 5.83. The van der Waals surface area contributed by atoms with Crippen molar-refractivity contribution < 1.29 is 9.53 Å². The highest BCUT2D eigenvalue weighted by atomic mass is 35.5. The average molecular weight is 327 g/mol. The van der Waals surface area contributed by atoms with E-state index in [1.165, 1.54) is 25.7 Å². The van der Waals surface area contributed by atoms with E-state index >= 15 is 0 Å². The molecule has 0 spiro atoms. The number of ether oxygens (including phenoxy) is 1. The lowest BCUT2D eigenvalue weighted by molar-refractivity contribution is 0.0950. The second kappa shape index (κ2) is 9.70. The zero-order valence-corrected chi connectivity index (χ0v) is 14.0. The van der Waals surface area contributed by atoms with Crippen molar-refractivity contribution in [3.8, 4) is 5.75 Å². The second-order valence-corrected chi connectivity index (χ2v) is 5.79. The molecule has 2 rings (SSSR count). The van der Waals surface area contributed by atoms with Crippen molar-refractivity contribution in [1.82, 2.24) is 5.32 Å². The topological polar surface area (TPSA) is 64.3 Å². The zero-order valence-electron chi connectivity index (χ0n) is 13.2. The van der Waals surface area contributed by atoms with Gasteiger partial charge in [-0.3, -0.25) is 4.79 Å². The van der Waals surface area contributed by atoms with Gasteiger partial charge in [-0.2, -0.15) is 0 Å². The molecule has 1 atom stereocenters. The molecule has 0 heterocycles. The van der Waals surface area contributed by atoms with Crippen LogP contribution in [0.1, 0.15) is 49.4 Å². The Kier molecular flexibility index (Phi) is 8.28. The highest BCUT2D eigenvalue weighted by Crippen LogP contribution is 2.31. The maximum absolute atomic E-state index is 12.0. The zero-order chi connectivity index (χ0) is 15.1. The molecule has 124 valence electrons. The summed E-state index contributed by atoms with van der Waals surface area (Å²) in [6, 6.07) is 7.39. The first-order chi connectivity index (χ1) is 10.2. The molecular formula is C17H27ClN2O2. The fourth-order valence-corrected chi connectivity index (χ4v) is 2.25. The fraction of sp³-hybridized carbons (Fsp3) is 0.588. The number of rotatable bonds is 9. The predicted octanol–water partition coefficient (Wildman–Crippen LogP) is 3.14. The molecule has 4 nitrogen and oxygen atoms in total. The molecule has 0 saturated heterocycles. The van der Waals surface area contributed by atoms with Crippen LogP contribution in [0.25, 0.3) is 0 Å². The number of carbonyl (C=O) groups is 1. The van der Waals surface area contributed by atoms with Gasteiger partial charge in [0.1, 0.15) is 5.75 Å². The van der Waals surface area contributed by atoms with Gasteiger partial charge >= 0.3 is 0 Å². The molecular weight excluding hydrogens is 300 g/mol. The lowest BCUT2D eigenvalue weighted by Crippen LogP contribution is -2.38. The summed E-state index contributed by atoms with van der Waals surface area (Å²) in [4.78, 5) is 12.0. The first-order valence-corrected chi connectivity index (χ1v) is 7.97. The van der Waals surface area contributed by atoms with Crippen molar-refractivity contribution in [2.45, 2.75) is 45.1 Å². The van der Waals surface area contributed by atoms with Gasteiger partial charge in [0.2, 0.25) is 0 Å². The van der Waals surface area contributed by atoms with E-state index in [0.29, 0.717) is 18.0 Å². The average Bonchev–Trinajstić information content (AvgIpc) is 3.34. The van der Waals surface area contributed by atoms with Crippen LogP contribution in [-0.2, 0) is 0 Å². The normalized spacial score (nSPS) is 14.8. The molecule has 1 unspecified atom stereocenters. The molecule has 0 radical (unpaired) electrons. The van der Waals surface area contributed by atoms with Crippen LogP contribution in [0.15, 0.2) is 24.3 Å². The largest absolute Gasteiger partial charge is 0.494 e. The highest BCUT2D eigenvalue weighted by molar-refractivity contribution is 5.94. The maximum Gasteiger partial charge on any atom is 0.251 e. The van der Waals surface area contributed by atoms with E-state index in [-0.39, 0.29) is 24.4 Å². The van der Waals surface area contributed by atoms with E-state index in [1.54, 1.807) is 12.1 Å². The molecule has 1 aliphatic rings. The molecule has 1 saturated carbocycles. The Balaban J connectivity index is 0.00000242. The van der Waals surface area contributed by atoms with Crippen molar-refractivity contribution in [2.24, 2.45) is 11.7 Å². The molecule has 22 heavy (non-hydrogen) atoms. The number of hydrogen-bond donors (Lipinski definition) is 2. The molecule has 1 aromatic rings. The fourth-order valence-electron chi connectivity index (χ4n) is 2.25. The van der Waals surface area contributed by atoms with Crippen LogP contribution in [0, 0.1) is 5.92 Å². The van der Waals surface area contributed by atoms with E-state index in [2.05, 4.69) is 12.2 Å². The van der Waals surface area contributed by atoms with Crippen LogP contribution in [0.3, 0.4) is 0 Å². The van der Waals surface area contributed by atoms with Gasteiger partial charge in [0.25, 0.3) is 5.91 Å². The van der Waals surface area contributed by atoms with Crippen LogP contribution in [0.4, 0.5) is 0 Å². The molecule has 1 fully saturated rings. The summed E-state index contributed by atoms with van der Waals surface area (Å²) in [7, 11) is 0. The molecule has 1 aliphatic carbocycles. The third-order valence-electron chi connectivity index (χ3n) is 3.86. The van der Waals surface area contributed by atoms with Gasteiger partial charge in [0.05, 0.1) is 6.61 Å². The SMILES string of the molecule is CCCCCOc1ccc(C(=O)NCC(N)C2CC2)cc1.Cl. The number of unbranched alkanes of at least 4 members (excludes halogenated alkanes) is 2. The first kappa shape index (κ1) is 18.8. The Morgan fingerprint density at radius 1 is 1.32 bits per heavy atom. The van der Waals surface area contributed by atoms with Gasteiger partial charge < -0.3 is 15.8 Å². The van der Waals surface area contributed by atoms with Crippen LogP contribution in [0.2, 0.25) is 0 Å². The van der Waals surface area contributed by atoms with Crippen molar-refractivity contribution in [3.63, 3.8) is 0 Å². The van der Waals surface area contributed by atoms with Gasteiger partial charge in [-0.15, -0.1) is 12.4 Å². The maximum atomic E-state index is 12.0. The third kappa shape index (κ3) is 6.24. The number of hydrogen-bond acceptors (Lipinski definition) is 3. The summed E-state index contributed by atoms with van der Waals surface area (Å²) < 4.78 is 5.63. The predicted molar refractivity (Wildman–Crippen MR) is 91.7 cm³/mol. The Morgan fingerprint density at radius 3 is 2.59 bits per heavy atom. The van der Waals surface area contributed by atoms with Crippen molar-refractivity contribution in [1.29, 1.82) is 0 Å². The van der Waals surface area contributed by atoms with Crippen molar-refractivity contribution in [2.75, 3.05) is 13.2 Å². The van der Waals surface area contributed by atoms with Crippen LogP contribution in [0.5, 0.6) is 5.75 Å². The van der Waals surface area contributed by atoms with Gasteiger partial charge in [-0.05, 0) is 49.4 Å². The molecule has 0 bridgehead atoms. The van der Waals surface area contributed by atoms with E-state index in [1.807, 2.05) is 12.1 Å². The lowest BCUT2D eigenvalue weighted by Gasteiger charge is -2.12. The Hall–Kier alpha value is -1.26.